The molecule has 1 fully saturated rings. The monoisotopic (exact) mass is 312 g/mol. The van der Waals surface area contributed by atoms with Gasteiger partial charge < -0.3 is 15.1 Å². The predicted octanol–water partition coefficient (Wildman–Crippen LogP) is 1.85. The second-order valence-electron chi connectivity index (χ2n) is 6.10. The van der Waals surface area contributed by atoms with Crippen LogP contribution in [-0.2, 0) is 6.54 Å². The Morgan fingerprint density at radius 2 is 1.78 bits per heavy atom. The first-order chi connectivity index (χ1) is 11.1. The van der Waals surface area contributed by atoms with Gasteiger partial charge in [0, 0.05) is 55.9 Å². The third-order valence-electron chi connectivity index (χ3n) is 4.09. The first-order valence-electron chi connectivity index (χ1n) is 8.05. The topological polar surface area (TPSA) is 57.2 Å². The van der Waals surface area contributed by atoms with Gasteiger partial charge in [0.25, 0.3) is 0 Å². The quantitative estimate of drug-likeness (QED) is 0.930. The Morgan fingerprint density at radius 1 is 1.09 bits per heavy atom. The van der Waals surface area contributed by atoms with E-state index in [0.717, 1.165) is 43.4 Å². The van der Waals surface area contributed by atoms with Crippen LogP contribution in [-0.4, -0.2) is 53.1 Å². The maximum atomic E-state index is 4.60. The Bertz CT molecular complexity index is 644. The first-order valence-corrected chi connectivity index (χ1v) is 8.05. The van der Waals surface area contributed by atoms with Gasteiger partial charge in [-0.1, -0.05) is 6.07 Å². The van der Waals surface area contributed by atoms with Crippen LogP contribution >= 0.6 is 0 Å². The number of anilines is 2. The fraction of sp³-hybridized carbons (Fsp3) is 0.471. The third kappa shape index (κ3) is 3.96. The SMILES string of the molecule is Cc1cc(C)nc(NCc2cccnc2N2CCN(C)CC2)n1. The minimum atomic E-state index is 0.677. The second kappa shape index (κ2) is 6.91. The van der Waals surface area contributed by atoms with Crippen LogP contribution in [0.3, 0.4) is 0 Å². The van der Waals surface area contributed by atoms with Crippen molar-refractivity contribution in [3.05, 3.63) is 41.3 Å². The summed E-state index contributed by atoms with van der Waals surface area (Å²) in [6.07, 6.45) is 1.87. The number of hydrogen-bond donors (Lipinski definition) is 1. The van der Waals surface area contributed by atoms with Crippen LogP contribution in [0.4, 0.5) is 11.8 Å². The maximum Gasteiger partial charge on any atom is 0.223 e. The van der Waals surface area contributed by atoms with Crippen molar-refractivity contribution in [2.75, 3.05) is 43.4 Å². The molecule has 6 heteroatoms. The summed E-state index contributed by atoms with van der Waals surface area (Å²) < 4.78 is 0. The summed E-state index contributed by atoms with van der Waals surface area (Å²) in [4.78, 5) is 18.2. The van der Waals surface area contributed by atoms with E-state index in [-0.39, 0.29) is 0 Å². The Balaban J connectivity index is 1.73. The van der Waals surface area contributed by atoms with Crippen molar-refractivity contribution in [2.24, 2.45) is 0 Å². The third-order valence-corrected chi connectivity index (χ3v) is 4.09. The lowest BCUT2D eigenvalue weighted by Crippen LogP contribution is -2.45. The molecule has 1 saturated heterocycles. The highest BCUT2D eigenvalue weighted by Crippen LogP contribution is 2.19. The van der Waals surface area contributed by atoms with Crippen molar-refractivity contribution in [2.45, 2.75) is 20.4 Å². The van der Waals surface area contributed by atoms with Gasteiger partial charge in [-0.3, -0.25) is 0 Å². The molecule has 2 aromatic rings. The number of aryl methyl sites for hydroxylation is 2. The maximum absolute atomic E-state index is 4.60. The van der Waals surface area contributed by atoms with Crippen LogP contribution in [0.2, 0.25) is 0 Å². The molecule has 0 unspecified atom stereocenters. The van der Waals surface area contributed by atoms with E-state index >= 15 is 0 Å². The van der Waals surface area contributed by atoms with Crippen LogP contribution in [0.5, 0.6) is 0 Å². The molecule has 0 saturated carbocycles. The number of nitrogens with zero attached hydrogens (tertiary/aromatic N) is 5. The van der Waals surface area contributed by atoms with Gasteiger partial charge >= 0.3 is 0 Å². The molecular formula is C17H24N6. The minimum absolute atomic E-state index is 0.677. The van der Waals surface area contributed by atoms with Gasteiger partial charge in [0.1, 0.15) is 5.82 Å². The van der Waals surface area contributed by atoms with E-state index in [1.54, 1.807) is 0 Å². The molecule has 3 heterocycles. The summed E-state index contributed by atoms with van der Waals surface area (Å²) >= 11 is 0. The zero-order chi connectivity index (χ0) is 16.2. The van der Waals surface area contributed by atoms with Gasteiger partial charge in [-0.25, -0.2) is 15.0 Å². The highest BCUT2D eigenvalue weighted by atomic mass is 15.3. The highest BCUT2D eigenvalue weighted by molar-refractivity contribution is 5.48. The average Bonchev–Trinajstić information content (AvgIpc) is 2.53. The number of aromatic nitrogens is 3. The molecule has 0 aromatic carbocycles. The van der Waals surface area contributed by atoms with Crippen molar-refractivity contribution < 1.29 is 0 Å². The summed E-state index contributed by atoms with van der Waals surface area (Å²) in [6, 6.07) is 6.08. The van der Waals surface area contributed by atoms with Crippen LogP contribution in [0, 0.1) is 13.8 Å². The molecule has 0 spiro atoms. The number of rotatable bonds is 4. The van der Waals surface area contributed by atoms with Crippen LogP contribution in [0.1, 0.15) is 17.0 Å². The molecule has 0 radical (unpaired) electrons. The van der Waals surface area contributed by atoms with Crippen LogP contribution < -0.4 is 10.2 Å². The van der Waals surface area contributed by atoms with Crippen molar-refractivity contribution >= 4 is 11.8 Å². The van der Waals surface area contributed by atoms with Gasteiger partial charge in [0.05, 0.1) is 0 Å². The molecule has 23 heavy (non-hydrogen) atoms. The standard InChI is InChI=1S/C17H24N6/c1-13-11-14(2)21-17(20-13)19-12-15-5-4-6-18-16(15)23-9-7-22(3)8-10-23/h4-6,11H,7-10,12H2,1-3H3,(H,19,20,21). The van der Waals surface area contributed by atoms with Gasteiger partial charge in [0.2, 0.25) is 5.95 Å². The molecule has 0 bridgehead atoms. The summed E-state index contributed by atoms with van der Waals surface area (Å²) in [6.45, 7) is 8.83. The summed E-state index contributed by atoms with van der Waals surface area (Å²) in [5.41, 5.74) is 3.13. The van der Waals surface area contributed by atoms with Crippen molar-refractivity contribution in [1.82, 2.24) is 19.9 Å². The van der Waals surface area contributed by atoms with E-state index < -0.39 is 0 Å². The number of piperazine rings is 1. The molecule has 1 aliphatic rings. The number of pyridine rings is 1. The largest absolute Gasteiger partial charge is 0.354 e. The molecule has 0 aliphatic carbocycles. The van der Waals surface area contributed by atoms with Crippen molar-refractivity contribution in [1.29, 1.82) is 0 Å². The summed E-state index contributed by atoms with van der Waals surface area (Å²) in [5, 5.41) is 3.33. The van der Waals surface area contributed by atoms with E-state index in [2.05, 4.69) is 43.2 Å². The molecule has 122 valence electrons. The van der Waals surface area contributed by atoms with E-state index in [1.165, 1.54) is 5.56 Å². The van der Waals surface area contributed by atoms with Gasteiger partial charge in [-0.05, 0) is 33.0 Å². The average molecular weight is 312 g/mol. The Kier molecular flexibility index (Phi) is 4.71. The minimum Gasteiger partial charge on any atom is -0.354 e. The lowest BCUT2D eigenvalue weighted by Gasteiger charge is -2.34. The zero-order valence-electron chi connectivity index (χ0n) is 14.1. The van der Waals surface area contributed by atoms with Gasteiger partial charge in [0.15, 0.2) is 0 Å². The van der Waals surface area contributed by atoms with Gasteiger partial charge in [-0.2, -0.15) is 0 Å². The van der Waals surface area contributed by atoms with E-state index in [9.17, 15) is 0 Å². The lowest BCUT2D eigenvalue weighted by atomic mass is 10.2. The molecule has 2 aromatic heterocycles. The Hall–Kier alpha value is -2.21. The van der Waals surface area contributed by atoms with Gasteiger partial charge in [-0.15, -0.1) is 0 Å². The molecular weight excluding hydrogens is 288 g/mol. The summed E-state index contributed by atoms with van der Waals surface area (Å²) in [5.74, 6) is 1.74. The Labute approximate surface area is 137 Å². The molecule has 1 N–H and O–H groups in total. The Morgan fingerprint density at radius 3 is 2.48 bits per heavy atom. The predicted molar refractivity (Wildman–Crippen MR) is 92.8 cm³/mol. The molecule has 3 rings (SSSR count). The van der Waals surface area contributed by atoms with E-state index in [1.807, 2.05) is 32.2 Å². The fourth-order valence-corrected chi connectivity index (χ4v) is 2.85. The molecule has 0 amide bonds. The highest BCUT2D eigenvalue weighted by Gasteiger charge is 2.17. The molecule has 6 nitrogen and oxygen atoms in total. The molecule has 1 aliphatic heterocycles. The van der Waals surface area contributed by atoms with Crippen molar-refractivity contribution in [3.63, 3.8) is 0 Å². The number of hydrogen-bond acceptors (Lipinski definition) is 6. The van der Waals surface area contributed by atoms with Crippen LogP contribution in [0.15, 0.2) is 24.4 Å². The van der Waals surface area contributed by atoms with E-state index in [4.69, 9.17) is 0 Å². The smallest absolute Gasteiger partial charge is 0.223 e. The number of nitrogens with one attached hydrogen (secondary N) is 1. The number of likely N-dealkylation sites (N-methyl/N-ethyl adjacent to an activating group) is 1. The summed E-state index contributed by atoms with van der Waals surface area (Å²) in [7, 11) is 2.16. The molecule has 0 atom stereocenters. The van der Waals surface area contributed by atoms with Crippen LogP contribution in [0.25, 0.3) is 0 Å². The second-order valence-corrected chi connectivity index (χ2v) is 6.10. The first kappa shape index (κ1) is 15.7. The normalized spacial score (nSPS) is 15.7. The lowest BCUT2D eigenvalue weighted by molar-refractivity contribution is 0.312. The fourth-order valence-electron chi connectivity index (χ4n) is 2.85. The van der Waals surface area contributed by atoms with E-state index in [0.29, 0.717) is 12.5 Å². The zero-order valence-corrected chi connectivity index (χ0v) is 14.1. The van der Waals surface area contributed by atoms with Crippen molar-refractivity contribution in [3.8, 4) is 0 Å².